The molecule has 0 spiro atoms. The number of nitrogens with one attached hydrogen (secondary N) is 1. The number of carbonyl (C=O) groups is 5. The second-order valence-corrected chi connectivity index (χ2v) is 21.2. The Morgan fingerprint density at radius 3 is 2.04 bits per heavy atom. The molecule has 1 aliphatic carbocycles. The summed E-state index contributed by atoms with van der Waals surface area (Å²) in [6.07, 6.45) is 17.4. The number of carbonyl (C=O) groups excluding carboxylic acids is 4. The number of aliphatic carboxylic acids is 1. The molecular formula is C47H64Cl4FN4O11PS. The van der Waals surface area contributed by atoms with Gasteiger partial charge >= 0.3 is 5.97 Å². The lowest BCUT2D eigenvalue weighted by Gasteiger charge is -2.31. The molecule has 0 saturated carbocycles. The minimum Gasteiger partial charge on any atom is -0.778 e. The zero-order chi connectivity index (χ0) is 53.2. The minimum atomic E-state index is -4.35. The second-order valence-electron chi connectivity index (χ2n) is 15.4. The Morgan fingerprint density at radius 2 is 1.62 bits per heavy atom. The summed E-state index contributed by atoms with van der Waals surface area (Å²) < 4.78 is 34.9. The van der Waals surface area contributed by atoms with E-state index < -0.39 is 55.0 Å². The second kappa shape index (κ2) is 33.6. The molecule has 0 aromatic heterocycles. The Morgan fingerprint density at radius 1 is 1.09 bits per heavy atom. The van der Waals surface area contributed by atoms with Gasteiger partial charge in [0, 0.05) is 37.4 Å². The smallest absolute Gasteiger partial charge is 0.317 e. The summed E-state index contributed by atoms with van der Waals surface area (Å²) >= 11 is 22.5. The third kappa shape index (κ3) is 23.2. The molecule has 22 heteroatoms. The summed E-state index contributed by atoms with van der Waals surface area (Å²) in [7, 11) is -2.07. The van der Waals surface area contributed by atoms with E-state index in [9.17, 15) is 37.8 Å². The highest BCUT2D eigenvalue weighted by Gasteiger charge is 2.41. The molecule has 69 heavy (non-hydrogen) atoms. The average molecular weight is 1080 g/mol. The van der Waals surface area contributed by atoms with Crippen LogP contribution in [-0.2, 0) is 50.6 Å². The summed E-state index contributed by atoms with van der Waals surface area (Å²) in [5, 5.41) is 10.00. The van der Waals surface area contributed by atoms with Crippen LogP contribution in [-0.4, -0.2) is 126 Å². The van der Waals surface area contributed by atoms with Gasteiger partial charge in [0.2, 0.25) is 5.91 Å². The van der Waals surface area contributed by atoms with Gasteiger partial charge in [0.1, 0.15) is 25.0 Å². The fourth-order valence-corrected chi connectivity index (χ4v) is 7.29. The van der Waals surface area contributed by atoms with Crippen molar-refractivity contribution in [1.82, 2.24) is 10.2 Å². The van der Waals surface area contributed by atoms with Crippen molar-refractivity contribution in [3.05, 3.63) is 88.8 Å². The zero-order valence-corrected chi connectivity index (χ0v) is 44.9. The van der Waals surface area contributed by atoms with Gasteiger partial charge in [-0.05, 0) is 81.0 Å². The van der Waals surface area contributed by atoms with Gasteiger partial charge in [-0.3, -0.25) is 29.3 Å². The number of imide groups is 1. The Bertz CT molecular complexity index is 2150. The molecule has 0 saturated heterocycles. The molecular weight excluding hydrogens is 1020 g/mol. The van der Waals surface area contributed by atoms with Crippen molar-refractivity contribution in [1.29, 1.82) is 0 Å². The lowest BCUT2D eigenvalue weighted by Crippen LogP contribution is -2.43. The van der Waals surface area contributed by atoms with Crippen LogP contribution in [0.25, 0.3) is 0 Å². The molecule has 3 N–H and O–H groups in total. The number of rotatable bonds is 18. The van der Waals surface area contributed by atoms with E-state index in [1.807, 2.05) is 31.3 Å². The molecule has 2 aliphatic rings. The fourth-order valence-electron chi connectivity index (χ4n) is 6.29. The van der Waals surface area contributed by atoms with E-state index in [2.05, 4.69) is 50.8 Å². The van der Waals surface area contributed by atoms with Crippen LogP contribution < -0.4 is 24.7 Å². The van der Waals surface area contributed by atoms with Gasteiger partial charge in [0.05, 0.1) is 60.6 Å². The summed E-state index contributed by atoms with van der Waals surface area (Å²) in [6, 6.07) is 8.32. The fraction of sp³-hybridized carbons (Fsp3) is 0.468. The normalized spacial score (nSPS) is 14.3. The first-order valence-corrected chi connectivity index (χ1v) is 27.2. The third-order valence-corrected chi connectivity index (χ3v) is 10.7. The van der Waals surface area contributed by atoms with Gasteiger partial charge in [-0.1, -0.05) is 78.0 Å². The van der Waals surface area contributed by atoms with E-state index >= 15 is 0 Å². The number of hydrogen-bond donors (Lipinski definition) is 3. The molecule has 4 rings (SSSR count). The number of anilines is 2. The number of benzene rings is 2. The van der Waals surface area contributed by atoms with Crippen LogP contribution in [0.4, 0.5) is 15.8 Å². The Hall–Kier alpha value is -3.92. The van der Waals surface area contributed by atoms with Gasteiger partial charge in [0.25, 0.3) is 17.7 Å². The van der Waals surface area contributed by atoms with Gasteiger partial charge < -0.3 is 38.7 Å². The van der Waals surface area contributed by atoms with Crippen molar-refractivity contribution in [2.24, 2.45) is 0 Å². The monoisotopic (exact) mass is 1080 g/mol. The standard InChI is InChI=1S/C18H15ClFNO3.C15H22ClNO2.C8H11Cl2NO.C3H8NO5P.C3H9S/c1-3-10(2)24-16-9-15(14(20)8-13(16)19)21-17(22)11-6-4-5-7-12(11)18(21)23;1-5-13-8-6-7-11(2)15(13)17(14(18)9-16)12(3)10-19-4;1-3-5-11(6-4-2)8(12)7(9)10;5-3(6)1-4-2-10(7,8)9;1-4(2)3/h1,8-10H,4-7H2,2H3;6-8,12H,5,9-10H2,1-4H3;3-4,7H,1-2,5-6H2;4H,1-2H2,(H,5,6)(H2,7,8,9);1-3H3/q;;;;+1/p-1. The molecule has 384 valence electrons. The predicted octanol–water partition coefficient (Wildman–Crippen LogP) is 7.44. The summed E-state index contributed by atoms with van der Waals surface area (Å²) in [5.41, 5.74) is 4.02. The molecule has 1 heterocycles. The van der Waals surface area contributed by atoms with E-state index in [1.54, 1.807) is 31.1 Å². The lowest BCUT2D eigenvalue weighted by molar-refractivity contribution is -0.193. The predicted molar refractivity (Wildman–Crippen MR) is 276 cm³/mol. The average Bonchev–Trinajstić information content (AvgIpc) is 3.52. The molecule has 3 unspecified atom stereocenters. The van der Waals surface area contributed by atoms with Crippen LogP contribution >= 0.6 is 54.0 Å². The van der Waals surface area contributed by atoms with Crippen LogP contribution in [0.3, 0.4) is 0 Å². The van der Waals surface area contributed by atoms with Crippen LogP contribution in [0.5, 0.6) is 5.75 Å². The van der Waals surface area contributed by atoms with Crippen molar-refractivity contribution in [3.63, 3.8) is 0 Å². The van der Waals surface area contributed by atoms with Crippen molar-refractivity contribution in [2.45, 2.75) is 76.8 Å². The first kappa shape index (κ1) is 65.1. The van der Waals surface area contributed by atoms with E-state index in [1.165, 1.54) is 11.0 Å². The molecule has 0 bridgehead atoms. The highest BCUT2D eigenvalue weighted by Crippen LogP contribution is 2.40. The topological polar surface area (TPSA) is 206 Å². The van der Waals surface area contributed by atoms with Crippen molar-refractivity contribution < 1.29 is 57.3 Å². The highest BCUT2D eigenvalue weighted by atomic mass is 35.5. The molecule has 1 aliphatic heterocycles. The zero-order valence-electron chi connectivity index (χ0n) is 40.2. The first-order valence-electron chi connectivity index (χ1n) is 21.2. The number of methoxy groups -OCH3 is 1. The number of aryl methyl sites for hydroxylation is 2. The van der Waals surface area contributed by atoms with E-state index in [0.29, 0.717) is 54.6 Å². The number of carboxylic acids is 1. The number of carboxylic acid groups (broad SMARTS) is 1. The summed E-state index contributed by atoms with van der Waals surface area (Å²) in [4.78, 5) is 79.3. The van der Waals surface area contributed by atoms with E-state index in [4.69, 9.17) is 72.3 Å². The Balaban J connectivity index is 0.000000918. The SMILES string of the molecule is C#CC(C)Oc1cc(N2C(=O)C3=C(CCCC3)C2=O)c(F)cc1Cl.C=CCN(CC=C)C(=O)C(Cl)Cl.CCc1cccc(C)c1N(C(=O)CCl)C(C)COC.C[S+](C)C.O=C(O)CNCP(=O)([O-])O. The maximum Gasteiger partial charge on any atom is 0.317 e. The molecule has 3 atom stereocenters. The number of para-hydroxylation sites is 1. The van der Waals surface area contributed by atoms with Crippen molar-refractivity contribution in [3.8, 4) is 18.1 Å². The molecule has 0 radical (unpaired) electrons. The quantitative estimate of drug-likeness (QED) is 0.0333. The van der Waals surface area contributed by atoms with Crippen LogP contribution in [0, 0.1) is 25.1 Å². The molecule has 2 aromatic carbocycles. The number of ether oxygens (including phenoxy) is 2. The number of alkyl halides is 3. The van der Waals surface area contributed by atoms with Gasteiger partial charge in [0.15, 0.2) is 10.9 Å². The number of nitrogens with zero attached hydrogens (tertiary/aromatic N) is 3. The summed E-state index contributed by atoms with van der Waals surface area (Å²) in [5.74, 6) is -0.797. The molecule has 0 fully saturated rings. The molecule has 15 nitrogen and oxygen atoms in total. The minimum absolute atomic E-state index is 0.0223. The van der Waals surface area contributed by atoms with Crippen LogP contribution in [0.1, 0.15) is 57.6 Å². The largest absolute Gasteiger partial charge is 0.778 e. The first-order chi connectivity index (χ1) is 32.3. The van der Waals surface area contributed by atoms with E-state index in [-0.39, 0.29) is 40.2 Å². The number of amides is 4. The summed E-state index contributed by atoms with van der Waals surface area (Å²) in [6.45, 7) is 15.6. The Labute approximate surface area is 428 Å². The maximum atomic E-state index is 14.4. The van der Waals surface area contributed by atoms with Crippen molar-refractivity contribution >= 4 is 106 Å². The van der Waals surface area contributed by atoms with Gasteiger partial charge in [-0.25, -0.2) is 9.29 Å². The maximum absolute atomic E-state index is 14.4. The van der Waals surface area contributed by atoms with Gasteiger partial charge in [-0.15, -0.1) is 31.2 Å². The number of hydrogen-bond acceptors (Lipinski definition) is 10. The third-order valence-electron chi connectivity index (χ3n) is 9.13. The van der Waals surface area contributed by atoms with Crippen molar-refractivity contribution in [2.75, 3.05) is 74.1 Å². The Kier molecular flexibility index (Phi) is 31.7. The van der Waals surface area contributed by atoms with E-state index in [0.717, 1.165) is 47.0 Å². The number of halogens is 5. The highest BCUT2D eigenvalue weighted by molar-refractivity contribution is 7.94. The van der Waals surface area contributed by atoms with Gasteiger partial charge in [-0.2, -0.15) is 0 Å². The lowest BCUT2D eigenvalue weighted by atomic mass is 9.93. The van der Waals surface area contributed by atoms with Crippen LogP contribution in [0.15, 0.2) is 66.8 Å². The molecule has 2 aromatic rings. The molecule has 4 amide bonds. The van der Waals surface area contributed by atoms with Crippen LogP contribution in [0.2, 0.25) is 5.02 Å². The number of terminal acetylenes is 1.